The highest BCUT2D eigenvalue weighted by Crippen LogP contribution is 2.61. The van der Waals surface area contributed by atoms with E-state index in [0.29, 0.717) is 5.56 Å². The molecule has 0 aromatic heterocycles. The molecule has 4 saturated carbocycles. The lowest BCUT2D eigenvalue weighted by molar-refractivity contribution is -0.128. The molecule has 29 heavy (non-hydrogen) atoms. The van der Waals surface area contributed by atoms with E-state index in [-0.39, 0.29) is 24.0 Å². The Bertz CT molecular complexity index is 779. The maximum atomic E-state index is 12.5. The highest BCUT2D eigenvalue weighted by atomic mass is 16.5. The van der Waals surface area contributed by atoms with Crippen LogP contribution in [0.25, 0.3) is 0 Å². The summed E-state index contributed by atoms with van der Waals surface area (Å²) in [5.41, 5.74) is 3.43. The van der Waals surface area contributed by atoms with Gasteiger partial charge in [0, 0.05) is 6.04 Å². The number of amides is 1. The SMILES string of the molecule is C[C@@H](NC(=O)COC(=O)c1ccc2c(c1)CCCC2)C12CC3CC(CC(C3)C1)C2. The first kappa shape index (κ1) is 19.1. The molecule has 156 valence electrons. The number of fused-ring (bicyclic) bond motifs is 1. The van der Waals surface area contributed by atoms with Crippen LogP contribution in [-0.2, 0) is 22.4 Å². The molecule has 4 bridgehead atoms. The zero-order valence-electron chi connectivity index (χ0n) is 17.5. The van der Waals surface area contributed by atoms with Crippen LogP contribution < -0.4 is 5.32 Å². The summed E-state index contributed by atoms with van der Waals surface area (Å²) in [6, 6.07) is 5.99. The van der Waals surface area contributed by atoms with E-state index in [4.69, 9.17) is 4.74 Å². The minimum absolute atomic E-state index is 0.158. The Hall–Kier alpha value is -1.84. The third-order valence-corrected chi connectivity index (χ3v) is 8.30. The number of hydrogen-bond donors (Lipinski definition) is 1. The lowest BCUT2D eigenvalue weighted by Gasteiger charge is -2.59. The highest BCUT2D eigenvalue weighted by Gasteiger charge is 2.53. The molecule has 4 nitrogen and oxygen atoms in total. The Morgan fingerprint density at radius 1 is 1.03 bits per heavy atom. The number of benzene rings is 1. The summed E-state index contributed by atoms with van der Waals surface area (Å²) < 4.78 is 5.35. The van der Waals surface area contributed by atoms with Crippen molar-refractivity contribution in [2.75, 3.05) is 6.61 Å². The molecule has 1 aromatic carbocycles. The normalized spacial score (nSPS) is 33.1. The smallest absolute Gasteiger partial charge is 0.338 e. The molecule has 1 aromatic rings. The molecule has 4 fully saturated rings. The molecule has 4 heteroatoms. The molecule has 1 atom stereocenters. The molecule has 0 spiro atoms. The average Bonchev–Trinajstić information content (AvgIpc) is 2.70. The third-order valence-electron chi connectivity index (χ3n) is 8.30. The van der Waals surface area contributed by atoms with Crippen LogP contribution in [0.2, 0.25) is 0 Å². The van der Waals surface area contributed by atoms with Crippen LogP contribution in [0.1, 0.15) is 79.8 Å². The number of carbonyl (C=O) groups is 2. The van der Waals surface area contributed by atoms with Gasteiger partial charge in [-0.3, -0.25) is 4.79 Å². The van der Waals surface area contributed by atoms with Gasteiger partial charge in [-0.2, -0.15) is 0 Å². The molecule has 1 amide bonds. The van der Waals surface area contributed by atoms with Gasteiger partial charge in [0.05, 0.1) is 5.56 Å². The van der Waals surface area contributed by atoms with Crippen LogP contribution in [0, 0.1) is 23.2 Å². The first-order chi connectivity index (χ1) is 14.0. The molecule has 0 unspecified atom stereocenters. The molecule has 5 aliphatic rings. The lowest BCUT2D eigenvalue weighted by atomic mass is 9.48. The van der Waals surface area contributed by atoms with E-state index in [1.54, 1.807) is 0 Å². The highest BCUT2D eigenvalue weighted by molar-refractivity contribution is 5.91. The molecule has 5 aliphatic carbocycles. The zero-order chi connectivity index (χ0) is 20.0. The number of carbonyl (C=O) groups excluding carboxylic acids is 2. The minimum Gasteiger partial charge on any atom is -0.452 e. The van der Waals surface area contributed by atoms with Crippen molar-refractivity contribution in [3.05, 3.63) is 34.9 Å². The number of ether oxygens (including phenoxy) is 1. The fourth-order valence-electron chi connectivity index (χ4n) is 7.22. The zero-order valence-corrected chi connectivity index (χ0v) is 17.5. The van der Waals surface area contributed by atoms with Gasteiger partial charge in [0.2, 0.25) is 0 Å². The summed E-state index contributed by atoms with van der Waals surface area (Å²) in [4.78, 5) is 25.0. The summed E-state index contributed by atoms with van der Waals surface area (Å²) in [7, 11) is 0. The lowest BCUT2D eigenvalue weighted by Crippen LogP contribution is -2.56. The van der Waals surface area contributed by atoms with Crippen molar-refractivity contribution in [2.24, 2.45) is 23.2 Å². The van der Waals surface area contributed by atoms with E-state index in [1.165, 1.54) is 62.5 Å². The van der Waals surface area contributed by atoms with Crippen LogP contribution in [0.5, 0.6) is 0 Å². The summed E-state index contributed by atoms with van der Waals surface area (Å²) in [6.07, 6.45) is 12.5. The Balaban J connectivity index is 1.16. The van der Waals surface area contributed by atoms with E-state index in [9.17, 15) is 9.59 Å². The first-order valence-corrected chi connectivity index (χ1v) is 11.6. The van der Waals surface area contributed by atoms with Crippen LogP contribution in [0.15, 0.2) is 18.2 Å². The summed E-state index contributed by atoms with van der Waals surface area (Å²) in [5.74, 6) is 2.03. The number of aryl methyl sites for hydroxylation is 2. The van der Waals surface area contributed by atoms with E-state index >= 15 is 0 Å². The van der Waals surface area contributed by atoms with Gasteiger partial charge in [-0.25, -0.2) is 4.79 Å². The predicted octanol–water partition coefficient (Wildman–Crippen LogP) is 4.44. The maximum absolute atomic E-state index is 12.5. The van der Waals surface area contributed by atoms with Crippen molar-refractivity contribution in [1.29, 1.82) is 0 Å². The second kappa shape index (κ2) is 7.45. The van der Waals surface area contributed by atoms with Gasteiger partial charge in [-0.15, -0.1) is 0 Å². The fraction of sp³-hybridized carbons (Fsp3) is 0.680. The molecular formula is C25H33NO3. The Kier molecular flexibility index (Phi) is 4.92. The van der Waals surface area contributed by atoms with Crippen molar-refractivity contribution in [2.45, 2.75) is 77.2 Å². The van der Waals surface area contributed by atoms with Crippen LogP contribution in [0.3, 0.4) is 0 Å². The molecule has 0 radical (unpaired) electrons. The van der Waals surface area contributed by atoms with Gasteiger partial charge in [0.15, 0.2) is 6.61 Å². The second-order valence-electron chi connectivity index (χ2n) is 10.3. The van der Waals surface area contributed by atoms with Crippen molar-refractivity contribution >= 4 is 11.9 Å². The number of rotatable bonds is 5. The minimum atomic E-state index is -0.393. The Morgan fingerprint density at radius 3 is 2.31 bits per heavy atom. The van der Waals surface area contributed by atoms with Crippen LogP contribution in [0.4, 0.5) is 0 Å². The summed E-state index contributed by atoms with van der Waals surface area (Å²) >= 11 is 0. The van der Waals surface area contributed by atoms with Crippen molar-refractivity contribution in [1.82, 2.24) is 5.32 Å². The Morgan fingerprint density at radius 2 is 1.66 bits per heavy atom. The van der Waals surface area contributed by atoms with E-state index < -0.39 is 5.97 Å². The average molecular weight is 396 g/mol. The third kappa shape index (κ3) is 3.71. The molecule has 0 saturated heterocycles. The quantitative estimate of drug-likeness (QED) is 0.750. The number of hydrogen-bond acceptors (Lipinski definition) is 3. The summed E-state index contributed by atoms with van der Waals surface area (Å²) in [5, 5.41) is 3.18. The standard InChI is InChI=1S/C25H33NO3/c1-16(25-12-17-8-18(13-25)10-19(9-17)14-25)26-23(27)15-29-24(28)22-7-6-20-4-2-3-5-21(20)11-22/h6-7,11,16-19H,2-5,8-10,12-15H2,1H3,(H,26,27)/t16-,17?,18?,19?,25?/m1/s1. The number of nitrogens with one attached hydrogen (secondary N) is 1. The molecular weight excluding hydrogens is 362 g/mol. The maximum Gasteiger partial charge on any atom is 0.338 e. The van der Waals surface area contributed by atoms with Crippen LogP contribution >= 0.6 is 0 Å². The van der Waals surface area contributed by atoms with Gasteiger partial charge >= 0.3 is 5.97 Å². The largest absolute Gasteiger partial charge is 0.452 e. The Labute approximate surface area is 173 Å². The van der Waals surface area contributed by atoms with E-state index in [1.807, 2.05) is 18.2 Å². The monoisotopic (exact) mass is 395 g/mol. The summed E-state index contributed by atoms with van der Waals surface area (Å²) in [6.45, 7) is 1.98. The van der Waals surface area contributed by atoms with Crippen molar-refractivity contribution < 1.29 is 14.3 Å². The topological polar surface area (TPSA) is 55.4 Å². The van der Waals surface area contributed by atoms with Crippen LogP contribution in [-0.4, -0.2) is 24.5 Å². The van der Waals surface area contributed by atoms with E-state index in [0.717, 1.165) is 30.6 Å². The second-order valence-corrected chi connectivity index (χ2v) is 10.3. The molecule has 6 rings (SSSR count). The van der Waals surface area contributed by atoms with Gasteiger partial charge in [-0.1, -0.05) is 6.07 Å². The number of esters is 1. The first-order valence-electron chi connectivity index (χ1n) is 11.6. The molecule has 1 N–H and O–H groups in total. The fourth-order valence-corrected chi connectivity index (χ4v) is 7.22. The van der Waals surface area contributed by atoms with Crippen molar-refractivity contribution in [3.8, 4) is 0 Å². The van der Waals surface area contributed by atoms with Gasteiger partial charge < -0.3 is 10.1 Å². The van der Waals surface area contributed by atoms with Crippen molar-refractivity contribution in [3.63, 3.8) is 0 Å². The van der Waals surface area contributed by atoms with E-state index in [2.05, 4.69) is 12.2 Å². The molecule has 0 aliphatic heterocycles. The van der Waals surface area contributed by atoms with Gasteiger partial charge in [0.1, 0.15) is 0 Å². The predicted molar refractivity (Wildman–Crippen MR) is 112 cm³/mol. The van der Waals surface area contributed by atoms with Gasteiger partial charge in [0.25, 0.3) is 5.91 Å². The van der Waals surface area contributed by atoms with Gasteiger partial charge in [-0.05, 0) is 118 Å². The molecule has 0 heterocycles.